The first-order chi connectivity index (χ1) is 15.2. The number of likely N-dealkylation sites (tertiary alicyclic amines) is 1. The van der Waals surface area contributed by atoms with Gasteiger partial charge in [0.25, 0.3) is 0 Å². The van der Waals surface area contributed by atoms with E-state index in [1.165, 1.54) is 0 Å². The van der Waals surface area contributed by atoms with Gasteiger partial charge in [0.15, 0.2) is 0 Å². The summed E-state index contributed by atoms with van der Waals surface area (Å²) in [5.41, 5.74) is 1.63. The Bertz CT molecular complexity index is 886. The van der Waals surface area contributed by atoms with Crippen molar-refractivity contribution in [3.05, 3.63) is 23.8 Å². The van der Waals surface area contributed by atoms with Crippen LogP contribution in [-0.4, -0.2) is 67.1 Å². The molecule has 1 aromatic rings. The van der Waals surface area contributed by atoms with Crippen molar-refractivity contribution in [3.8, 4) is 5.75 Å². The maximum absolute atomic E-state index is 12.5. The molecule has 1 aromatic carbocycles. The number of rotatable bonds is 4. The van der Waals surface area contributed by atoms with Crippen LogP contribution in [0.1, 0.15) is 57.9 Å². The van der Waals surface area contributed by atoms with Gasteiger partial charge >= 0.3 is 5.97 Å². The molecule has 0 saturated carbocycles. The second kappa shape index (κ2) is 9.10. The van der Waals surface area contributed by atoms with E-state index in [4.69, 9.17) is 9.47 Å². The van der Waals surface area contributed by atoms with Crippen LogP contribution in [0.15, 0.2) is 18.2 Å². The molecular formula is C24H33N3O5. The Kier molecular flexibility index (Phi) is 6.42. The lowest BCUT2D eigenvalue weighted by molar-refractivity contribution is -0.156. The number of amides is 2. The number of piperidine rings is 2. The summed E-state index contributed by atoms with van der Waals surface area (Å²) in [6, 6.07) is 5.79. The van der Waals surface area contributed by atoms with Crippen LogP contribution in [0.2, 0.25) is 0 Å². The average Bonchev–Trinajstić information content (AvgIpc) is 2.72. The Labute approximate surface area is 189 Å². The Morgan fingerprint density at radius 2 is 1.91 bits per heavy atom. The number of nitrogens with one attached hydrogen (secondary N) is 1. The number of hydrogen-bond acceptors (Lipinski definition) is 7. The maximum Gasteiger partial charge on any atom is 0.320 e. The van der Waals surface area contributed by atoms with E-state index in [9.17, 15) is 14.4 Å². The molecule has 8 nitrogen and oxygen atoms in total. The van der Waals surface area contributed by atoms with Crippen LogP contribution < -0.4 is 15.0 Å². The molecule has 32 heavy (non-hydrogen) atoms. The number of ether oxygens (including phenoxy) is 2. The first-order valence-electron chi connectivity index (χ1n) is 11.5. The highest BCUT2D eigenvalue weighted by atomic mass is 16.6. The Morgan fingerprint density at radius 1 is 1.16 bits per heavy atom. The van der Waals surface area contributed by atoms with E-state index in [1.54, 1.807) is 0 Å². The number of fused-ring (bicyclic) bond motifs is 1. The summed E-state index contributed by atoms with van der Waals surface area (Å²) in [4.78, 5) is 40.4. The van der Waals surface area contributed by atoms with Crippen LogP contribution in [0, 0.1) is 0 Å². The minimum atomic E-state index is -0.468. The van der Waals surface area contributed by atoms with Crippen molar-refractivity contribution in [1.29, 1.82) is 0 Å². The van der Waals surface area contributed by atoms with Gasteiger partial charge in [0.2, 0.25) is 11.8 Å². The first kappa shape index (κ1) is 22.6. The number of imide groups is 1. The van der Waals surface area contributed by atoms with Crippen molar-refractivity contribution < 1.29 is 23.9 Å². The lowest BCUT2D eigenvalue weighted by Gasteiger charge is -2.40. The fourth-order valence-electron chi connectivity index (χ4n) is 4.88. The average molecular weight is 444 g/mol. The van der Waals surface area contributed by atoms with Gasteiger partial charge in [0, 0.05) is 6.42 Å². The number of hydrogen-bond donors (Lipinski definition) is 1. The lowest BCUT2D eigenvalue weighted by atomic mass is 9.87. The normalized spacial score (nSPS) is 22.7. The molecule has 3 aliphatic heterocycles. The molecule has 1 atom stereocenters. The van der Waals surface area contributed by atoms with Gasteiger partial charge in [-0.05, 0) is 70.7 Å². The van der Waals surface area contributed by atoms with Crippen LogP contribution in [0.25, 0.3) is 0 Å². The van der Waals surface area contributed by atoms with Gasteiger partial charge in [-0.15, -0.1) is 0 Å². The van der Waals surface area contributed by atoms with Gasteiger partial charge in [-0.1, -0.05) is 12.1 Å². The zero-order chi connectivity index (χ0) is 22.9. The molecule has 2 amide bonds. The summed E-state index contributed by atoms with van der Waals surface area (Å²) in [6.45, 7) is 8.75. The topological polar surface area (TPSA) is 88.2 Å². The SMILES string of the molecule is CC(C)(C)OC(=O)CN1CCC(c2cccc3c2OCCN3[C@@H]2CCC(=O)NC2=O)CC1. The third kappa shape index (κ3) is 5.06. The van der Waals surface area contributed by atoms with Gasteiger partial charge in [-0.3, -0.25) is 24.6 Å². The van der Waals surface area contributed by atoms with Crippen molar-refractivity contribution in [2.75, 3.05) is 37.7 Å². The molecule has 0 aromatic heterocycles. The first-order valence-corrected chi connectivity index (χ1v) is 11.5. The molecule has 3 aliphatic rings. The molecule has 2 saturated heterocycles. The van der Waals surface area contributed by atoms with Gasteiger partial charge in [0.05, 0.1) is 18.8 Å². The van der Waals surface area contributed by atoms with Gasteiger partial charge in [-0.25, -0.2) is 0 Å². The Hall–Kier alpha value is -2.61. The van der Waals surface area contributed by atoms with Gasteiger partial charge < -0.3 is 14.4 Å². The second-order valence-electron chi connectivity index (χ2n) is 9.84. The molecule has 0 bridgehead atoms. The number of carbonyl (C=O) groups is 3. The number of benzene rings is 1. The molecule has 0 unspecified atom stereocenters. The highest BCUT2D eigenvalue weighted by Gasteiger charge is 2.36. The van der Waals surface area contributed by atoms with Crippen molar-refractivity contribution in [1.82, 2.24) is 10.2 Å². The Balaban J connectivity index is 1.43. The fourth-order valence-corrected chi connectivity index (χ4v) is 4.88. The van der Waals surface area contributed by atoms with Crippen molar-refractivity contribution >= 4 is 23.5 Å². The predicted octanol–water partition coefficient (Wildman–Crippen LogP) is 2.21. The number of esters is 1. The van der Waals surface area contributed by atoms with E-state index in [0.717, 1.165) is 42.9 Å². The molecule has 8 heteroatoms. The smallest absolute Gasteiger partial charge is 0.320 e. The maximum atomic E-state index is 12.5. The number of anilines is 1. The standard InChI is InChI=1S/C24H33N3O5/c1-24(2,3)32-21(29)15-26-11-9-16(10-12-26)17-5-4-6-18-22(17)31-14-13-27(18)19-7-8-20(28)25-23(19)30/h4-6,16,19H,7-15H2,1-3H3,(H,25,28,30)/t19-/m1/s1. The van der Waals surface area contributed by atoms with Crippen LogP contribution in [0.3, 0.4) is 0 Å². The van der Waals surface area contributed by atoms with Crippen molar-refractivity contribution in [2.24, 2.45) is 0 Å². The molecule has 4 rings (SSSR count). The monoisotopic (exact) mass is 443 g/mol. The zero-order valence-corrected chi connectivity index (χ0v) is 19.2. The van der Waals surface area contributed by atoms with E-state index < -0.39 is 5.60 Å². The second-order valence-corrected chi connectivity index (χ2v) is 9.84. The molecule has 0 aliphatic carbocycles. The zero-order valence-electron chi connectivity index (χ0n) is 19.2. The molecule has 174 valence electrons. The van der Waals surface area contributed by atoms with Crippen LogP contribution in [0.4, 0.5) is 5.69 Å². The highest BCUT2D eigenvalue weighted by Crippen LogP contribution is 2.43. The Morgan fingerprint density at radius 3 is 2.59 bits per heavy atom. The summed E-state index contributed by atoms with van der Waals surface area (Å²) in [5, 5.41) is 2.47. The van der Waals surface area contributed by atoms with E-state index in [-0.39, 0.29) is 23.8 Å². The van der Waals surface area contributed by atoms with E-state index >= 15 is 0 Å². The summed E-state index contributed by atoms with van der Waals surface area (Å²) in [5.74, 6) is 0.577. The third-order valence-electron chi connectivity index (χ3n) is 6.30. The van der Waals surface area contributed by atoms with E-state index in [2.05, 4.69) is 21.2 Å². The molecule has 1 N–H and O–H groups in total. The molecule has 3 heterocycles. The number of nitrogens with zero attached hydrogens (tertiary/aromatic N) is 2. The molecule has 2 fully saturated rings. The summed E-state index contributed by atoms with van der Waals surface area (Å²) >= 11 is 0. The molecular weight excluding hydrogens is 410 g/mol. The number of carbonyl (C=O) groups excluding carboxylic acids is 3. The van der Waals surface area contributed by atoms with Crippen LogP contribution >= 0.6 is 0 Å². The summed E-state index contributed by atoms with van der Waals surface area (Å²) in [7, 11) is 0. The predicted molar refractivity (Wildman–Crippen MR) is 120 cm³/mol. The summed E-state index contributed by atoms with van der Waals surface area (Å²) in [6.07, 6.45) is 2.75. The van der Waals surface area contributed by atoms with E-state index in [1.807, 2.05) is 32.9 Å². The minimum Gasteiger partial charge on any atom is -0.489 e. The molecule has 0 radical (unpaired) electrons. The quantitative estimate of drug-likeness (QED) is 0.564. The van der Waals surface area contributed by atoms with Crippen molar-refractivity contribution in [3.63, 3.8) is 0 Å². The van der Waals surface area contributed by atoms with Crippen LogP contribution in [0.5, 0.6) is 5.75 Å². The van der Waals surface area contributed by atoms with Crippen molar-refractivity contribution in [2.45, 2.75) is 64.0 Å². The largest absolute Gasteiger partial charge is 0.489 e. The van der Waals surface area contributed by atoms with Gasteiger partial charge in [-0.2, -0.15) is 0 Å². The fraction of sp³-hybridized carbons (Fsp3) is 0.625. The molecule has 0 spiro atoms. The third-order valence-corrected chi connectivity index (χ3v) is 6.30. The van der Waals surface area contributed by atoms with Gasteiger partial charge in [0.1, 0.15) is 24.0 Å². The number of para-hydroxylation sites is 1. The van der Waals surface area contributed by atoms with E-state index in [0.29, 0.717) is 38.5 Å². The lowest BCUT2D eigenvalue weighted by Crippen LogP contribution is -2.54. The van der Waals surface area contributed by atoms with Crippen LogP contribution in [-0.2, 0) is 19.1 Å². The summed E-state index contributed by atoms with van der Waals surface area (Å²) < 4.78 is 11.6. The minimum absolute atomic E-state index is 0.184. The highest BCUT2D eigenvalue weighted by molar-refractivity contribution is 6.02.